The third-order valence-corrected chi connectivity index (χ3v) is 2.17. The summed E-state index contributed by atoms with van der Waals surface area (Å²) in [4.78, 5) is 11.2. The van der Waals surface area contributed by atoms with Gasteiger partial charge in [0.05, 0.1) is 6.04 Å². The van der Waals surface area contributed by atoms with Gasteiger partial charge in [0.15, 0.2) is 0 Å². The van der Waals surface area contributed by atoms with Gasteiger partial charge in [0, 0.05) is 13.2 Å². The highest BCUT2D eigenvalue weighted by molar-refractivity contribution is 5.85. The summed E-state index contributed by atoms with van der Waals surface area (Å²) in [5.41, 5.74) is 5.43. The second kappa shape index (κ2) is 7.91. The predicted octanol–water partition coefficient (Wildman–Crippen LogP) is 0.670. The van der Waals surface area contributed by atoms with Crippen LogP contribution >= 0.6 is 12.4 Å². The largest absolute Gasteiger partial charge is 0.396 e. The number of carbonyl (C=O) groups excluding carboxylic acids is 1. The van der Waals surface area contributed by atoms with Crippen molar-refractivity contribution in [2.24, 2.45) is 11.1 Å². The molecule has 1 amide bonds. The average Bonchev–Trinajstić information content (AvgIpc) is 2.11. The van der Waals surface area contributed by atoms with Crippen molar-refractivity contribution in [3.05, 3.63) is 0 Å². The molecule has 0 aromatic heterocycles. The van der Waals surface area contributed by atoms with Crippen LogP contribution in [0.2, 0.25) is 0 Å². The molecule has 0 rings (SSSR count). The molecular formula is C10H23ClN2O2. The van der Waals surface area contributed by atoms with E-state index < -0.39 is 6.04 Å². The molecule has 0 aliphatic rings. The molecule has 0 bridgehead atoms. The molecule has 92 valence electrons. The van der Waals surface area contributed by atoms with E-state index in [-0.39, 0.29) is 30.3 Å². The molecule has 4 N–H and O–H groups in total. The number of aliphatic hydroxyl groups is 1. The number of nitrogens with one attached hydrogen (secondary N) is 1. The van der Waals surface area contributed by atoms with Gasteiger partial charge in [0.25, 0.3) is 0 Å². The van der Waals surface area contributed by atoms with Crippen molar-refractivity contribution in [3.8, 4) is 0 Å². The van der Waals surface area contributed by atoms with Crippen molar-refractivity contribution in [2.45, 2.75) is 39.7 Å². The molecule has 0 radical (unpaired) electrons. The maximum atomic E-state index is 11.2. The first-order valence-electron chi connectivity index (χ1n) is 5.03. The van der Waals surface area contributed by atoms with E-state index in [4.69, 9.17) is 10.8 Å². The summed E-state index contributed by atoms with van der Waals surface area (Å²) >= 11 is 0. The van der Waals surface area contributed by atoms with E-state index in [0.29, 0.717) is 6.54 Å². The van der Waals surface area contributed by atoms with Crippen molar-refractivity contribution in [2.75, 3.05) is 13.2 Å². The van der Waals surface area contributed by atoms with Gasteiger partial charge >= 0.3 is 0 Å². The Morgan fingerprint density at radius 2 is 2.07 bits per heavy atom. The molecule has 0 fully saturated rings. The fraction of sp³-hybridized carbons (Fsp3) is 0.900. The molecular weight excluding hydrogens is 216 g/mol. The van der Waals surface area contributed by atoms with Gasteiger partial charge < -0.3 is 16.2 Å². The van der Waals surface area contributed by atoms with Crippen LogP contribution < -0.4 is 11.1 Å². The molecule has 15 heavy (non-hydrogen) atoms. The van der Waals surface area contributed by atoms with E-state index in [1.54, 1.807) is 6.92 Å². The molecule has 1 atom stereocenters. The summed E-state index contributed by atoms with van der Waals surface area (Å²) in [7, 11) is 0. The lowest BCUT2D eigenvalue weighted by atomic mass is 9.88. The molecule has 1 unspecified atom stereocenters. The molecule has 0 spiro atoms. The van der Waals surface area contributed by atoms with Crippen LogP contribution in [0.25, 0.3) is 0 Å². The number of hydrogen-bond acceptors (Lipinski definition) is 3. The Morgan fingerprint density at radius 1 is 1.53 bits per heavy atom. The Morgan fingerprint density at radius 3 is 2.47 bits per heavy atom. The second-order valence-electron chi connectivity index (χ2n) is 4.50. The monoisotopic (exact) mass is 238 g/mol. The number of halogens is 1. The van der Waals surface area contributed by atoms with E-state index in [1.807, 2.05) is 0 Å². The van der Waals surface area contributed by atoms with E-state index in [1.165, 1.54) is 0 Å². The van der Waals surface area contributed by atoms with Gasteiger partial charge in [0.2, 0.25) is 5.91 Å². The molecule has 5 heteroatoms. The lowest BCUT2D eigenvalue weighted by Crippen LogP contribution is -2.42. The van der Waals surface area contributed by atoms with Crippen LogP contribution in [0.15, 0.2) is 0 Å². The molecule has 0 heterocycles. The lowest BCUT2D eigenvalue weighted by molar-refractivity contribution is -0.122. The maximum absolute atomic E-state index is 11.2. The summed E-state index contributed by atoms with van der Waals surface area (Å²) < 4.78 is 0. The van der Waals surface area contributed by atoms with Crippen LogP contribution in [0, 0.1) is 5.41 Å². The topological polar surface area (TPSA) is 75.4 Å². The van der Waals surface area contributed by atoms with Gasteiger partial charge in [-0.15, -0.1) is 12.4 Å². The quantitative estimate of drug-likeness (QED) is 0.637. The summed E-state index contributed by atoms with van der Waals surface area (Å²) in [5.74, 6) is -0.123. The molecule has 4 nitrogen and oxygen atoms in total. The third-order valence-electron chi connectivity index (χ3n) is 2.17. The number of rotatable bonds is 6. The van der Waals surface area contributed by atoms with Gasteiger partial charge in [-0.1, -0.05) is 13.8 Å². The van der Waals surface area contributed by atoms with E-state index in [2.05, 4.69) is 19.2 Å². The maximum Gasteiger partial charge on any atom is 0.236 e. The Balaban J connectivity index is 0. The summed E-state index contributed by atoms with van der Waals surface area (Å²) in [6.07, 6.45) is 1.66. The smallest absolute Gasteiger partial charge is 0.236 e. The number of carbonyl (C=O) groups is 1. The Hall–Kier alpha value is -0.320. The molecule has 0 saturated carbocycles. The first-order chi connectivity index (χ1) is 6.39. The first kappa shape index (κ1) is 17.1. The molecule has 0 aromatic rings. The number of hydrogen-bond donors (Lipinski definition) is 3. The summed E-state index contributed by atoms with van der Waals surface area (Å²) in [5, 5.41) is 11.5. The fourth-order valence-electron chi connectivity index (χ4n) is 1.13. The zero-order valence-corrected chi connectivity index (χ0v) is 10.6. The number of amides is 1. The van der Waals surface area contributed by atoms with Gasteiger partial charge in [-0.25, -0.2) is 0 Å². The van der Waals surface area contributed by atoms with Gasteiger partial charge in [-0.05, 0) is 25.2 Å². The minimum Gasteiger partial charge on any atom is -0.396 e. The van der Waals surface area contributed by atoms with E-state index in [0.717, 1.165) is 12.8 Å². The summed E-state index contributed by atoms with van der Waals surface area (Å²) in [6.45, 7) is 6.59. The minimum absolute atomic E-state index is 0. The Bertz CT molecular complexity index is 184. The van der Waals surface area contributed by atoms with E-state index in [9.17, 15) is 4.79 Å². The van der Waals surface area contributed by atoms with Crippen LogP contribution in [0.3, 0.4) is 0 Å². The zero-order chi connectivity index (χ0) is 11.2. The fourth-order valence-corrected chi connectivity index (χ4v) is 1.13. The number of nitrogens with two attached hydrogens (primary N) is 1. The molecule has 0 aromatic carbocycles. The van der Waals surface area contributed by atoms with Gasteiger partial charge in [0.1, 0.15) is 0 Å². The van der Waals surface area contributed by atoms with Gasteiger partial charge in [-0.2, -0.15) is 0 Å². The van der Waals surface area contributed by atoms with Crippen molar-refractivity contribution in [3.63, 3.8) is 0 Å². The van der Waals surface area contributed by atoms with Crippen LogP contribution in [0.5, 0.6) is 0 Å². The lowest BCUT2D eigenvalue weighted by Gasteiger charge is -2.25. The standard InChI is InChI=1S/C10H22N2O2.ClH/c1-8(11)9(14)12-7-10(2,3)5-4-6-13;/h8,13H,4-7,11H2,1-3H3,(H,12,14);1H. The zero-order valence-electron chi connectivity index (χ0n) is 9.75. The normalized spacial score (nSPS) is 12.9. The molecule has 0 aliphatic carbocycles. The Kier molecular flexibility index (Phi) is 9.01. The highest BCUT2D eigenvalue weighted by atomic mass is 35.5. The van der Waals surface area contributed by atoms with Crippen molar-refractivity contribution >= 4 is 18.3 Å². The predicted molar refractivity (Wildman–Crippen MR) is 64.0 cm³/mol. The van der Waals surface area contributed by atoms with Crippen LogP contribution in [-0.4, -0.2) is 30.2 Å². The van der Waals surface area contributed by atoms with Gasteiger partial charge in [-0.3, -0.25) is 4.79 Å². The van der Waals surface area contributed by atoms with Crippen molar-refractivity contribution in [1.82, 2.24) is 5.32 Å². The second-order valence-corrected chi connectivity index (χ2v) is 4.50. The van der Waals surface area contributed by atoms with Crippen molar-refractivity contribution in [1.29, 1.82) is 0 Å². The summed E-state index contributed by atoms with van der Waals surface area (Å²) in [6, 6.07) is -0.455. The highest BCUT2D eigenvalue weighted by Crippen LogP contribution is 2.20. The van der Waals surface area contributed by atoms with E-state index >= 15 is 0 Å². The van der Waals surface area contributed by atoms with Crippen LogP contribution in [0.4, 0.5) is 0 Å². The van der Waals surface area contributed by atoms with Crippen LogP contribution in [-0.2, 0) is 4.79 Å². The highest BCUT2D eigenvalue weighted by Gasteiger charge is 2.18. The molecule has 0 aliphatic heterocycles. The van der Waals surface area contributed by atoms with Crippen molar-refractivity contribution < 1.29 is 9.90 Å². The molecule has 0 saturated heterocycles. The average molecular weight is 239 g/mol. The number of aliphatic hydroxyl groups excluding tert-OH is 1. The first-order valence-corrected chi connectivity index (χ1v) is 5.03. The third kappa shape index (κ3) is 8.66. The minimum atomic E-state index is -0.455. The van der Waals surface area contributed by atoms with Crippen LogP contribution in [0.1, 0.15) is 33.6 Å². The Labute approximate surface area is 98.0 Å². The SMILES string of the molecule is CC(N)C(=O)NCC(C)(C)CCCO.Cl.